The second-order valence-electron chi connectivity index (χ2n) is 6.88. The molecular formula is C24H28N2O2. The van der Waals surface area contributed by atoms with Gasteiger partial charge in [0.05, 0.1) is 13.7 Å². The van der Waals surface area contributed by atoms with Gasteiger partial charge in [-0.15, -0.1) is 0 Å². The van der Waals surface area contributed by atoms with Gasteiger partial charge < -0.3 is 19.3 Å². The molecule has 146 valence electrons. The maximum Gasteiger partial charge on any atom is 0.127 e. The molecule has 0 aliphatic carbocycles. The Labute approximate surface area is 167 Å². The fourth-order valence-electron chi connectivity index (χ4n) is 3.01. The molecule has 0 N–H and O–H groups in total. The van der Waals surface area contributed by atoms with E-state index in [9.17, 15) is 0 Å². The molecule has 4 heteroatoms. The Bertz CT molecular complexity index is 811. The van der Waals surface area contributed by atoms with Gasteiger partial charge in [-0.2, -0.15) is 0 Å². The Hall–Kier alpha value is -2.98. The number of hydrogen-bond acceptors (Lipinski definition) is 4. The lowest BCUT2D eigenvalue weighted by Crippen LogP contribution is -2.19. The van der Waals surface area contributed by atoms with E-state index >= 15 is 0 Å². The molecule has 3 aromatic carbocycles. The minimum absolute atomic E-state index is 0.648. The average Bonchev–Trinajstić information content (AvgIpc) is 2.73. The van der Waals surface area contributed by atoms with E-state index < -0.39 is 0 Å². The maximum atomic E-state index is 5.85. The second-order valence-corrected chi connectivity index (χ2v) is 6.88. The molecule has 0 atom stereocenters. The standard InChI is InChI=1S/C24H28N2O2/c1-25(2)16-17-28-23-15-14-20(24(18-23)27-3)19-26(21-10-6-4-7-11-21)22-12-8-5-9-13-22/h4-15,18H,16-17,19H2,1-3H3. The fourth-order valence-corrected chi connectivity index (χ4v) is 3.01. The van der Waals surface area contributed by atoms with E-state index in [2.05, 4.69) is 64.4 Å². The highest BCUT2D eigenvalue weighted by atomic mass is 16.5. The molecule has 0 amide bonds. The lowest BCUT2D eigenvalue weighted by molar-refractivity contribution is 0.260. The zero-order valence-electron chi connectivity index (χ0n) is 16.8. The SMILES string of the molecule is COc1cc(OCCN(C)C)ccc1CN(c1ccccc1)c1ccccc1. The van der Waals surface area contributed by atoms with Gasteiger partial charge in [-0.1, -0.05) is 36.4 Å². The van der Waals surface area contributed by atoms with E-state index in [-0.39, 0.29) is 0 Å². The maximum absolute atomic E-state index is 5.85. The van der Waals surface area contributed by atoms with E-state index in [0.717, 1.165) is 35.0 Å². The zero-order chi connectivity index (χ0) is 19.8. The van der Waals surface area contributed by atoms with Crippen molar-refractivity contribution in [1.82, 2.24) is 4.90 Å². The number of likely N-dealkylation sites (N-methyl/N-ethyl adjacent to an activating group) is 1. The van der Waals surface area contributed by atoms with Crippen LogP contribution >= 0.6 is 0 Å². The van der Waals surface area contributed by atoms with Gasteiger partial charge in [0.25, 0.3) is 0 Å². The van der Waals surface area contributed by atoms with Gasteiger partial charge in [0.1, 0.15) is 18.1 Å². The van der Waals surface area contributed by atoms with Crippen LogP contribution in [0.4, 0.5) is 11.4 Å². The van der Waals surface area contributed by atoms with Crippen molar-refractivity contribution in [1.29, 1.82) is 0 Å². The number of methoxy groups -OCH3 is 1. The van der Waals surface area contributed by atoms with Crippen molar-refractivity contribution >= 4 is 11.4 Å². The summed E-state index contributed by atoms with van der Waals surface area (Å²) in [4.78, 5) is 4.38. The number of benzene rings is 3. The molecular weight excluding hydrogens is 348 g/mol. The third-order valence-corrected chi connectivity index (χ3v) is 4.53. The fraction of sp³-hybridized carbons (Fsp3) is 0.250. The summed E-state index contributed by atoms with van der Waals surface area (Å²) in [7, 11) is 5.78. The molecule has 0 unspecified atom stereocenters. The Morgan fingerprint density at radius 1 is 0.786 bits per heavy atom. The van der Waals surface area contributed by atoms with Crippen LogP contribution in [-0.4, -0.2) is 39.3 Å². The molecule has 28 heavy (non-hydrogen) atoms. The number of rotatable bonds is 9. The molecule has 0 saturated heterocycles. The number of ether oxygens (including phenoxy) is 2. The van der Waals surface area contributed by atoms with E-state index in [1.54, 1.807) is 7.11 Å². The summed E-state index contributed by atoms with van der Waals surface area (Å²) >= 11 is 0. The summed E-state index contributed by atoms with van der Waals surface area (Å²) in [5.74, 6) is 1.66. The van der Waals surface area contributed by atoms with Crippen molar-refractivity contribution in [3.05, 3.63) is 84.4 Å². The number of anilines is 2. The number of nitrogens with zero attached hydrogens (tertiary/aromatic N) is 2. The molecule has 0 aromatic heterocycles. The molecule has 0 bridgehead atoms. The monoisotopic (exact) mass is 376 g/mol. The van der Waals surface area contributed by atoms with Crippen LogP contribution in [0.15, 0.2) is 78.9 Å². The van der Waals surface area contributed by atoms with E-state index in [4.69, 9.17) is 9.47 Å². The molecule has 0 aliphatic rings. The van der Waals surface area contributed by atoms with Crippen LogP contribution in [0.3, 0.4) is 0 Å². The molecule has 3 aromatic rings. The minimum atomic E-state index is 0.648. The molecule has 0 heterocycles. The first-order valence-corrected chi connectivity index (χ1v) is 9.49. The molecule has 0 aliphatic heterocycles. The number of hydrogen-bond donors (Lipinski definition) is 0. The van der Waals surface area contributed by atoms with Crippen molar-refractivity contribution in [3.63, 3.8) is 0 Å². The first-order valence-electron chi connectivity index (χ1n) is 9.49. The molecule has 0 spiro atoms. The van der Waals surface area contributed by atoms with Crippen LogP contribution in [-0.2, 0) is 6.54 Å². The lowest BCUT2D eigenvalue weighted by Gasteiger charge is -2.26. The summed E-state index contributed by atoms with van der Waals surface area (Å²) < 4.78 is 11.5. The molecule has 0 fully saturated rings. The van der Waals surface area contributed by atoms with Crippen molar-refractivity contribution in [2.24, 2.45) is 0 Å². The molecule has 4 nitrogen and oxygen atoms in total. The van der Waals surface area contributed by atoms with Crippen LogP contribution in [0, 0.1) is 0 Å². The Morgan fingerprint density at radius 2 is 1.39 bits per heavy atom. The third-order valence-electron chi connectivity index (χ3n) is 4.53. The highest BCUT2D eigenvalue weighted by molar-refractivity contribution is 5.63. The summed E-state index contributed by atoms with van der Waals surface area (Å²) in [6.45, 7) is 2.23. The second kappa shape index (κ2) is 9.81. The predicted molar refractivity (Wildman–Crippen MR) is 116 cm³/mol. The first-order chi connectivity index (χ1) is 13.7. The summed E-state index contributed by atoms with van der Waals surface area (Å²) in [5, 5.41) is 0. The quantitative estimate of drug-likeness (QED) is 0.526. The first kappa shape index (κ1) is 19.8. The third kappa shape index (κ3) is 5.27. The molecule has 0 saturated carbocycles. The normalized spacial score (nSPS) is 10.7. The van der Waals surface area contributed by atoms with Gasteiger partial charge in [0.15, 0.2) is 0 Å². The topological polar surface area (TPSA) is 24.9 Å². The van der Waals surface area contributed by atoms with Crippen molar-refractivity contribution in [3.8, 4) is 11.5 Å². The van der Waals surface area contributed by atoms with Crippen LogP contribution in [0.5, 0.6) is 11.5 Å². The van der Waals surface area contributed by atoms with Gasteiger partial charge >= 0.3 is 0 Å². The van der Waals surface area contributed by atoms with E-state index in [1.165, 1.54) is 0 Å². The predicted octanol–water partition coefficient (Wildman–Crippen LogP) is 4.97. The highest BCUT2D eigenvalue weighted by Gasteiger charge is 2.13. The Morgan fingerprint density at radius 3 is 1.93 bits per heavy atom. The van der Waals surface area contributed by atoms with Gasteiger partial charge in [0, 0.05) is 29.5 Å². The summed E-state index contributed by atoms with van der Waals surface area (Å²) in [6, 6.07) is 26.9. The Balaban J connectivity index is 1.84. The summed E-state index contributed by atoms with van der Waals surface area (Å²) in [6.07, 6.45) is 0. The van der Waals surface area contributed by atoms with E-state index in [0.29, 0.717) is 13.2 Å². The summed E-state index contributed by atoms with van der Waals surface area (Å²) in [5.41, 5.74) is 3.39. The van der Waals surface area contributed by atoms with Crippen LogP contribution in [0.25, 0.3) is 0 Å². The molecule has 0 radical (unpaired) electrons. The lowest BCUT2D eigenvalue weighted by atomic mass is 10.1. The largest absolute Gasteiger partial charge is 0.496 e. The van der Waals surface area contributed by atoms with Crippen molar-refractivity contribution in [2.45, 2.75) is 6.54 Å². The van der Waals surface area contributed by atoms with Gasteiger partial charge in [-0.3, -0.25) is 0 Å². The van der Waals surface area contributed by atoms with Crippen LogP contribution in [0.1, 0.15) is 5.56 Å². The van der Waals surface area contributed by atoms with Crippen molar-refractivity contribution in [2.75, 3.05) is 39.3 Å². The van der Waals surface area contributed by atoms with Crippen LogP contribution in [0.2, 0.25) is 0 Å². The zero-order valence-corrected chi connectivity index (χ0v) is 16.8. The molecule has 3 rings (SSSR count). The van der Waals surface area contributed by atoms with Gasteiger partial charge in [0.2, 0.25) is 0 Å². The smallest absolute Gasteiger partial charge is 0.127 e. The average molecular weight is 377 g/mol. The van der Waals surface area contributed by atoms with Crippen molar-refractivity contribution < 1.29 is 9.47 Å². The highest BCUT2D eigenvalue weighted by Crippen LogP contribution is 2.31. The number of para-hydroxylation sites is 2. The minimum Gasteiger partial charge on any atom is -0.496 e. The van der Waals surface area contributed by atoms with Gasteiger partial charge in [-0.25, -0.2) is 0 Å². The van der Waals surface area contributed by atoms with Crippen LogP contribution < -0.4 is 14.4 Å². The van der Waals surface area contributed by atoms with E-state index in [1.807, 2.05) is 38.4 Å². The Kier molecular flexibility index (Phi) is 6.93. The van der Waals surface area contributed by atoms with Gasteiger partial charge in [-0.05, 0) is 50.5 Å².